The van der Waals surface area contributed by atoms with Crippen LogP contribution in [-0.4, -0.2) is 42.1 Å². The SMILES string of the molecule is CC(C)NC(=O)C[C@@H]1COC2(CCN(Cc3ccco3)CC2)C1. The van der Waals surface area contributed by atoms with Gasteiger partial charge in [0.15, 0.2) is 0 Å². The number of furan rings is 1. The van der Waals surface area contributed by atoms with Crippen LogP contribution < -0.4 is 5.32 Å². The molecule has 5 heteroatoms. The van der Waals surface area contributed by atoms with Crippen molar-refractivity contribution in [1.29, 1.82) is 0 Å². The van der Waals surface area contributed by atoms with Gasteiger partial charge in [0.1, 0.15) is 5.76 Å². The Balaban J connectivity index is 1.44. The number of hydrogen-bond donors (Lipinski definition) is 1. The summed E-state index contributed by atoms with van der Waals surface area (Å²) >= 11 is 0. The van der Waals surface area contributed by atoms with Crippen molar-refractivity contribution < 1.29 is 13.9 Å². The molecule has 2 saturated heterocycles. The fraction of sp³-hybridized carbons (Fsp3) is 0.722. The van der Waals surface area contributed by atoms with Crippen LogP contribution in [0, 0.1) is 5.92 Å². The number of carbonyl (C=O) groups is 1. The lowest BCUT2D eigenvalue weighted by Crippen LogP contribution is -2.43. The van der Waals surface area contributed by atoms with Gasteiger partial charge in [-0.05, 0) is 51.2 Å². The minimum absolute atomic E-state index is 0.00242. The summed E-state index contributed by atoms with van der Waals surface area (Å²) in [6, 6.07) is 4.18. The zero-order chi connectivity index (χ0) is 16.3. The molecule has 0 aromatic carbocycles. The number of nitrogens with zero attached hydrogens (tertiary/aromatic N) is 1. The Kier molecular flexibility index (Phi) is 5.07. The normalized spacial score (nSPS) is 24.4. The minimum atomic E-state index is 0.00242. The zero-order valence-corrected chi connectivity index (χ0v) is 14.2. The number of ether oxygens (including phenoxy) is 1. The number of amides is 1. The van der Waals surface area contributed by atoms with Crippen molar-refractivity contribution in [2.24, 2.45) is 5.92 Å². The van der Waals surface area contributed by atoms with Gasteiger partial charge in [0.2, 0.25) is 5.91 Å². The van der Waals surface area contributed by atoms with Crippen LogP contribution in [0.2, 0.25) is 0 Å². The summed E-state index contributed by atoms with van der Waals surface area (Å²) in [7, 11) is 0. The fourth-order valence-electron chi connectivity index (χ4n) is 3.80. The second kappa shape index (κ2) is 7.05. The van der Waals surface area contributed by atoms with Crippen molar-refractivity contribution in [3.63, 3.8) is 0 Å². The van der Waals surface area contributed by atoms with Gasteiger partial charge < -0.3 is 14.5 Å². The Hall–Kier alpha value is -1.33. The van der Waals surface area contributed by atoms with Crippen LogP contribution >= 0.6 is 0 Å². The van der Waals surface area contributed by atoms with E-state index in [1.54, 1.807) is 6.26 Å². The molecule has 1 amide bonds. The van der Waals surface area contributed by atoms with Crippen LogP contribution in [0.4, 0.5) is 0 Å². The Morgan fingerprint density at radius 3 is 2.87 bits per heavy atom. The van der Waals surface area contributed by atoms with E-state index in [0.717, 1.165) is 51.3 Å². The van der Waals surface area contributed by atoms with Crippen molar-refractivity contribution in [3.8, 4) is 0 Å². The highest BCUT2D eigenvalue weighted by molar-refractivity contribution is 5.76. The van der Waals surface area contributed by atoms with Crippen LogP contribution in [-0.2, 0) is 16.1 Å². The van der Waals surface area contributed by atoms with Crippen molar-refractivity contribution in [2.45, 2.75) is 57.7 Å². The molecule has 2 aliphatic heterocycles. The van der Waals surface area contributed by atoms with Crippen LogP contribution in [0.15, 0.2) is 22.8 Å². The lowest BCUT2D eigenvalue weighted by molar-refractivity contribution is -0.122. The molecule has 1 spiro atoms. The molecule has 0 saturated carbocycles. The second-order valence-corrected chi connectivity index (χ2v) is 7.35. The maximum absolute atomic E-state index is 11.9. The van der Waals surface area contributed by atoms with E-state index in [4.69, 9.17) is 9.15 Å². The predicted octanol–water partition coefficient (Wildman–Crippen LogP) is 2.57. The number of likely N-dealkylation sites (tertiary alicyclic amines) is 1. The van der Waals surface area contributed by atoms with Crippen LogP contribution in [0.3, 0.4) is 0 Å². The van der Waals surface area contributed by atoms with Crippen LogP contribution in [0.5, 0.6) is 0 Å². The number of rotatable bonds is 5. The molecule has 1 atom stereocenters. The molecule has 0 unspecified atom stereocenters. The molecule has 5 nitrogen and oxygen atoms in total. The van der Waals surface area contributed by atoms with E-state index in [9.17, 15) is 4.79 Å². The van der Waals surface area contributed by atoms with E-state index in [2.05, 4.69) is 10.2 Å². The maximum atomic E-state index is 11.9. The highest BCUT2D eigenvalue weighted by atomic mass is 16.5. The molecular weight excluding hydrogens is 292 g/mol. The van der Waals surface area contributed by atoms with Gasteiger partial charge in [-0.15, -0.1) is 0 Å². The molecule has 3 rings (SSSR count). The Bertz CT molecular complexity index is 504. The van der Waals surface area contributed by atoms with Gasteiger partial charge in [-0.3, -0.25) is 9.69 Å². The van der Waals surface area contributed by atoms with Crippen molar-refractivity contribution in [3.05, 3.63) is 24.2 Å². The van der Waals surface area contributed by atoms with E-state index >= 15 is 0 Å². The molecular formula is C18H28N2O3. The number of nitrogens with one attached hydrogen (secondary N) is 1. The standard InChI is InChI=1S/C18H28N2O3/c1-14(2)19-17(21)10-15-11-18(23-13-15)5-7-20(8-6-18)12-16-4-3-9-22-16/h3-4,9,14-15H,5-8,10-13H2,1-2H3,(H,19,21)/t15-/m0/s1. The average molecular weight is 320 g/mol. The summed E-state index contributed by atoms with van der Waals surface area (Å²) in [5.41, 5.74) is 0.00242. The monoisotopic (exact) mass is 320 g/mol. The third kappa shape index (κ3) is 4.36. The van der Waals surface area contributed by atoms with E-state index in [0.29, 0.717) is 12.3 Å². The largest absolute Gasteiger partial charge is 0.468 e. The Labute approximate surface area is 138 Å². The first-order chi connectivity index (χ1) is 11.0. The molecule has 1 aromatic rings. The Morgan fingerprint density at radius 1 is 1.43 bits per heavy atom. The number of carbonyl (C=O) groups excluding carboxylic acids is 1. The van der Waals surface area contributed by atoms with Crippen LogP contribution in [0.1, 0.15) is 45.3 Å². The minimum Gasteiger partial charge on any atom is -0.468 e. The van der Waals surface area contributed by atoms with Gasteiger partial charge in [-0.1, -0.05) is 0 Å². The Morgan fingerprint density at radius 2 is 2.22 bits per heavy atom. The summed E-state index contributed by atoms with van der Waals surface area (Å²) < 4.78 is 11.6. The molecule has 23 heavy (non-hydrogen) atoms. The first-order valence-electron chi connectivity index (χ1n) is 8.73. The van der Waals surface area contributed by atoms with E-state index in [1.165, 1.54) is 0 Å². The zero-order valence-electron chi connectivity index (χ0n) is 14.2. The summed E-state index contributed by atoms with van der Waals surface area (Å²) in [6.07, 6.45) is 5.45. The highest BCUT2D eigenvalue weighted by Gasteiger charge is 2.43. The first kappa shape index (κ1) is 16.5. The molecule has 0 bridgehead atoms. The fourth-order valence-corrected chi connectivity index (χ4v) is 3.80. The molecule has 1 aromatic heterocycles. The molecule has 0 radical (unpaired) electrons. The lowest BCUT2D eigenvalue weighted by atomic mass is 9.84. The van der Waals surface area contributed by atoms with E-state index < -0.39 is 0 Å². The second-order valence-electron chi connectivity index (χ2n) is 7.35. The van der Waals surface area contributed by atoms with Crippen LogP contribution in [0.25, 0.3) is 0 Å². The van der Waals surface area contributed by atoms with Crippen molar-refractivity contribution >= 4 is 5.91 Å². The first-order valence-corrected chi connectivity index (χ1v) is 8.73. The number of hydrogen-bond acceptors (Lipinski definition) is 4. The van der Waals surface area contributed by atoms with Gasteiger partial charge in [-0.25, -0.2) is 0 Å². The molecule has 1 N–H and O–H groups in total. The lowest BCUT2D eigenvalue weighted by Gasteiger charge is -2.38. The number of piperidine rings is 1. The molecule has 0 aliphatic carbocycles. The van der Waals surface area contributed by atoms with E-state index in [1.807, 2.05) is 26.0 Å². The summed E-state index contributed by atoms with van der Waals surface area (Å²) in [5, 5.41) is 2.98. The third-order valence-corrected chi connectivity index (χ3v) is 4.94. The summed E-state index contributed by atoms with van der Waals surface area (Å²) in [6.45, 7) is 7.67. The van der Waals surface area contributed by atoms with Gasteiger partial charge in [0, 0.05) is 25.6 Å². The highest BCUT2D eigenvalue weighted by Crippen LogP contribution is 2.40. The van der Waals surface area contributed by atoms with Crippen molar-refractivity contribution in [2.75, 3.05) is 19.7 Å². The van der Waals surface area contributed by atoms with Gasteiger partial charge in [-0.2, -0.15) is 0 Å². The molecule has 128 valence electrons. The smallest absolute Gasteiger partial charge is 0.220 e. The quantitative estimate of drug-likeness (QED) is 0.906. The van der Waals surface area contributed by atoms with Gasteiger partial charge >= 0.3 is 0 Å². The summed E-state index contributed by atoms with van der Waals surface area (Å²) in [5.74, 6) is 1.54. The van der Waals surface area contributed by atoms with Crippen molar-refractivity contribution in [1.82, 2.24) is 10.2 Å². The van der Waals surface area contributed by atoms with Gasteiger partial charge in [0.05, 0.1) is 25.0 Å². The average Bonchev–Trinajstić information content (AvgIpc) is 3.12. The maximum Gasteiger partial charge on any atom is 0.220 e. The summed E-state index contributed by atoms with van der Waals surface area (Å²) in [4.78, 5) is 14.3. The molecule has 2 aliphatic rings. The van der Waals surface area contributed by atoms with E-state index in [-0.39, 0.29) is 17.6 Å². The molecule has 2 fully saturated rings. The third-order valence-electron chi connectivity index (χ3n) is 4.94. The molecule has 3 heterocycles. The topological polar surface area (TPSA) is 54.7 Å². The van der Waals surface area contributed by atoms with Gasteiger partial charge in [0.25, 0.3) is 0 Å². The predicted molar refractivity (Wildman–Crippen MR) is 87.9 cm³/mol.